The first-order chi connectivity index (χ1) is 10.7. The maximum atomic E-state index is 12.5. The molecule has 0 spiro atoms. The number of nitrogens with one attached hydrogen (secondary N) is 3. The Hall–Kier alpha value is -2.36. The van der Waals surface area contributed by atoms with Crippen molar-refractivity contribution in [2.75, 3.05) is 30.8 Å². The summed E-state index contributed by atoms with van der Waals surface area (Å²) in [6, 6.07) is 1.87. The van der Waals surface area contributed by atoms with Gasteiger partial charge in [-0.15, -0.1) is 0 Å². The Morgan fingerprint density at radius 2 is 2.09 bits per heavy atom. The number of allylic oxidation sites excluding steroid dienone is 2. The number of alkyl halides is 3. The van der Waals surface area contributed by atoms with Crippen LogP contribution < -0.4 is 21.3 Å². The van der Waals surface area contributed by atoms with Gasteiger partial charge in [-0.2, -0.15) is 18.2 Å². The van der Waals surface area contributed by atoms with Crippen molar-refractivity contribution in [3.8, 4) is 0 Å². The largest absolute Gasteiger partial charge is 0.482 e. The first-order valence-electron chi connectivity index (χ1n) is 6.87. The van der Waals surface area contributed by atoms with E-state index in [9.17, 15) is 13.2 Å². The Morgan fingerprint density at radius 1 is 1.43 bits per heavy atom. The molecule has 0 atom stereocenters. The van der Waals surface area contributed by atoms with Crippen molar-refractivity contribution in [1.82, 2.24) is 20.6 Å². The van der Waals surface area contributed by atoms with Crippen LogP contribution in [0.1, 0.15) is 12.6 Å². The summed E-state index contributed by atoms with van der Waals surface area (Å²) in [6.45, 7) is 2.66. The number of likely N-dealkylation sites (N-methyl/N-ethyl adjacent to an activating group) is 1. The number of anilines is 2. The molecule has 126 valence electrons. The Kier molecular flexibility index (Phi) is 4.73. The second kappa shape index (κ2) is 6.41. The Labute approximate surface area is 131 Å². The van der Waals surface area contributed by atoms with Crippen LogP contribution in [0.5, 0.6) is 0 Å². The van der Waals surface area contributed by atoms with Gasteiger partial charge in [-0.25, -0.2) is 4.98 Å². The van der Waals surface area contributed by atoms with Gasteiger partial charge in [-0.1, -0.05) is 0 Å². The van der Waals surface area contributed by atoms with E-state index in [-0.39, 0.29) is 22.9 Å². The normalized spacial score (nSPS) is 16.7. The van der Waals surface area contributed by atoms with Crippen LogP contribution in [-0.4, -0.2) is 48.7 Å². The standard InChI is InChI=1S/C13H18F3N7/c1-7(22-13(14,15)16)9(4-17)10-3-11(21-12(18)20-10)23-5-8(6-23)19-2/h3-4,8,17,19,22H,5-6H2,1-2H3,(H2,18,20,21)/b9-7+,17-4?. The second-order valence-electron chi connectivity index (χ2n) is 5.17. The molecule has 5 N–H and O–H groups in total. The van der Waals surface area contributed by atoms with E-state index in [0.717, 1.165) is 19.3 Å². The SMILES string of the molecule is CNC1CN(c2cc(/C(C=N)=C(\C)NC(F)(F)F)nc(N)n2)C1. The third-order valence-corrected chi connectivity index (χ3v) is 3.50. The maximum absolute atomic E-state index is 12.5. The minimum Gasteiger partial charge on any atom is -0.368 e. The molecule has 0 aromatic carbocycles. The minimum absolute atomic E-state index is 0.00312. The molecule has 0 aliphatic carbocycles. The van der Waals surface area contributed by atoms with Gasteiger partial charge in [0.05, 0.1) is 5.69 Å². The van der Waals surface area contributed by atoms with Crippen molar-refractivity contribution < 1.29 is 13.2 Å². The lowest BCUT2D eigenvalue weighted by Gasteiger charge is -2.40. The summed E-state index contributed by atoms with van der Waals surface area (Å²) >= 11 is 0. The van der Waals surface area contributed by atoms with Crippen LogP contribution in [0.15, 0.2) is 11.8 Å². The minimum atomic E-state index is -4.59. The summed E-state index contributed by atoms with van der Waals surface area (Å²) in [5, 5.41) is 11.9. The highest BCUT2D eigenvalue weighted by molar-refractivity contribution is 6.08. The zero-order chi connectivity index (χ0) is 17.2. The molecule has 2 heterocycles. The monoisotopic (exact) mass is 329 g/mol. The van der Waals surface area contributed by atoms with Crippen LogP contribution in [0.3, 0.4) is 0 Å². The van der Waals surface area contributed by atoms with Gasteiger partial charge in [0.25, 0.3) is 0 Å². The highest BCUT2D eigenvalue weighted by atomic mass is 19.4. The predicted molar refractivity (Wildman–Crippen MR) is 82.1 cm³/mol. The van der Waals surface area contributed by atoms with Gasteiger partial charge in [0.1, 0.15) is 5.82 Å². The van der Waals surface area contributed by atoms with Gasteiger partial charge in [0.15, 0.2) is 0 Å². The molecule has 7 nitrogen and oxygen atoms in total. The quantitative estimate of drug-likeness (QED) is 0.474. The Balaban J connectivity index is 2.32. The van der Waals surface area contributed by atoms with Crippen LogP contribution in [0.4, 0.5) is 24.9 Å². The van der Waals surface area contributed by atoms with Crippen LogP contribution in [0.2, 0.25) is 0 Å². The van der Waals surface area contributed by atoms with Crippen molar-refractivity contribution in [2.45, 2.75) is 19.3 Å². The smallest absolute Gasteiger partial charge is 0.368 e. The van der Waals surface area contributed by atoms with E-state index in [1.54, 1.807) is 0 Å². The lowest BCUT2D eigenvalue weighted by Crippen LogP contribution is -2.57. The van der Waals surface area contributed by atoms with E-state index < -0.39 is 6.30 Å². The molecule has 1 aromatic rings. The van der Waals surface area contributed by atoms with Gasteiger partial charge in [-0.3, -0.25) is 0 Å². The molecule has 1 aliphatic rings. The molecule has 0 saturated carbocycles. The lowest BCUT2D eigenvalue weighted by molar-refractivity contribution is -0.149. The van der Waals surface area contributed by atoms with Gasteiger partial charge in [0.2, 0.25) is 5.95 Å². The van der Waals surface area contributed by atoms with E-state index in [1.165, 1.54) is 18.3 Å². The highest BCUT2D eigenvalue weighted by Crippen LogP contribution is 2.24. The van der Waals surface area contributed by atoms with Crippen molar-refractivity contribution in [2.24, 2.45) is 0 Å². The number of nitrogens with zero attached hydrogens (tertiary/aromatic N) is 3. The number of hydrogen-bond donors (Lipinski definition) is 4. The Bertz CT molecular complexity index is 620. The fourth-order valence-electron chi connectivity index (χ4n) is 2.26. The van der Waals surface area contributed by atoms with Crippen molar-refractivity contribution in [3.63, 3.8) is 0 Å². The molecule has 0 radical (unpaired) electrons. The van der Waals surface area contributed by atoms with Gasteiger partial charge >= 0.3 is 6.30 Å². The molecule has 1 fully saturated rings. The summed E-state index contributed by atoms with van der Waals surface area (Å²) in [5.74, 6) is 0.475. The molecule has 1 aliphatic heterocycles. The summed E-state index contributed by atoms with van der Waals surface area (Å²) < 4.78 is 37.4. The average Bonchev–Trinajstić information content (AvgIpc) is 2.35. The molecule has 0 bridgehead atoms. The van der Waals surface area contributed by atoms with E-state index >= 15 is 0 Å². The molecule has 0 unspecified atom stereocenters. The molecule has 2 rings (SSSR count). The number of aromatic nitrogens is 2. The summed E-state index contributed by atoms with van der Waals surface area (Å²) in [4.78, 5) is 9.97. The first kappa shape index (κ1) is 17.0. The predicted octanol–water partition coefficient (Wildman–Crippen LogP) is 0.957. The molecule has 23 heavy (non-hydrogen) atoms. The van der Waals surface area contributed by atoms with Crippen LogP contribution in [0, 0.1) is 5.41 Å². The van der Waals surface area contributed by atoms with Crippen LogP contribution >= 0.6 is 0 Å². The van der Waals surface area contributed by atoms with E-state index in [1.807, 2.05) is 11.9 Å². The topological polar surface area (TPSA) is 103 Å². The summed E-state index contributed by atoms with van der Waals surface area (Å²) in [5.41, 5.74) is 5.60. The zero-order valence-corrected chi connectivity index (χ0v) is 12.7. The van der Waals surface area contributed by atoms with Gasteiger partial charge in [-0.05, 0) is 14.0 Å². The molecule has 1 saturated heterocycles. The van der Waals surface area contributed by atoms with Crippen molar-refractivity contribution in [3.05, 3.63) is 17.5 Å². The number of hydrogen-bond acceptors (Lipinski definition) is 7. The van der Waals surface area contributed by atoms with Gasteiger partial charge < -0.3 is 26.7 Å². The fourth-order valence-corrected chi connectivity index (χ4v) is 2.26. The third kappa shape index (κ3) is 4.09. The lowest BCUT2D eigenvalue weighted by atomic mass is 10.1. The van der Waals surface area contributed by atoms with E-state index in [4.69, 9.17) is 11.1 Å². The van der Waals surface area contributed by atoms with E-state index in [0.29, 0.717) is 11.9 Å². The van der Waals surface area contributed by atoms with Crippen LogP contribution in [-0.2, 0) is 0 Å². The zero-order valence-electron chi connectivity index (χ0n) is 12.7. The third-order valence-electron chi connectivity index (χ3n) is 3.50. The number of nitrogens with two attached hydrogens (primary N) is 1. The second-order valence-corrected chi connectivity index (χ2v) is 5.17. The van der Waals surface area contributed by atoms with Crippen molar-refractivity contribution in [1.29, 1.82) is 5.41 Å². The van der Waals surface area contributed by atoms with Crippen LogP contribution in [0.25, 0.3) is 5.57 Å². The van der Waals surface area contributed by atoms with Gasteiger partial charge in [0, 0.05) is 42.7 Å². The number of nitrogen functional groups attached to an aromatic ring is 1. The fraction of sp³-hybridized carbons (Fsp3) is 0.462. The highest BCUT2D eigenvalue weighted by Gasteiger charge is 2.29. The Morgan fingerprint density at radius 3 is 2.61 bits per heavy atom. The molecule has 1 aromatic heterocycles. The molecule has 10 heteroatoms. The van der Waals surface area contributed by atoms with Crippen molar-refractivity contribution >= 4 is 23.6 Å². The maximum Gasteiger partial charge on any atom is 0.482 e. The summed E-state index contributed by atoms with van der Waals surface area (Å²) in [6.07, 6.45) is -3.77. The first-order valence-corrected chi connectivity index (χ1v) is 6.87. The molecule has 0 amide bonds. The average molecular weight is 329 g/mol. The molecular formula is C13H18F3N7. The number of rotatable bonds is 5. The number of halogens is 3. The summed E-state index contributed by atoms with van der Waals surface area (Å²) in [7, 11) is 1.85. The van der Waals surface area contributed by atoms with E-state index in [2.05, 4.69) is 15.3 Å². The molecular weight excluding hydrogens is 311 g/mol.